The molecule has 4 unspecified atom stereocenters. The number of aliphatic carboxylic acids is 2. The van der Waals surface area contributed by atoms with Crippen molar-refractivity contribution in [2.45, 2.75) is 43.4 Å². The van der Waals surface area contributed by atoms with Gasteiger partial charge in [-0.2, -0.15) is 12.6 Å². The monoisotopic (exact) mass is 420 g/mol. The highest BCUT2D eigenvalue weighted by Crippen LogP contribution is 2.19. The second-order valence-corrected chi connectivity index (χ2v) is 6.58. The molecule has 3 amide bonds. The van der Waals surface area contributed by atoms with E-state index in [2.05, 4.69) is 23.3 Å². The first-order valence-electron chi connectivity index (χ1n) is 8.45. The average Bonchev–Trinajstić information content (AvgIpc) is 3.12. The van der Waals surface area contributed by atoms with Crippen molar-refractivity contribution in [2.24, 2.45) is 5.73 Å². The standard InChI is InChI=1S/C15H24N4O8S/c16-7(4-11(21)22)12(23)18-9(6-28)14(25)19-3-1-2-10(19)13(24)17-8(5-20)15(26)27/h7-10,20,28H,1-6,16H2,(H,17,24)(H,18,23)(H,21,22)(H,26,27). The van der Waals surface area contributed by atoms with E-state index in [-0.39, 0.29) is 18.7 Å². The molecule has 0 aromatic heterocycles. The van der Waals surface area contributed by atoms with Crippen LogP contribution in [0.4, 0.5) is 0 Å². The van der Waals surface area contributed by atoms with Crippen LogP contribution in [0.25, 0.3) is 0 Å². The smallest absolute Gasteiger partial charge is 0.328 e. The Labute approximate surface area is 165 Å². The van der Waals surface area contributed by atoms with Crippen LogP contribution in [0.3, 0.4) is 0 Å². The van der Waals surface area contributed by atoms with E-state index in [0.29, 0.717) is 6.42 Å². The van der Waals surface area contributed by atoms with E-state index >= 15 is 0 Å². The van der Waals surface area contributed by atoms with Gasteiger partial charge < -0.3 is 36.6 Å². The zero-order chi connectivity index (χ0) is 21.4. The summed E-state index contributed by atoms with van der Waals surface area (Å²) in [5, 5.41) is 31.1. The maximum atomic E-state index is 12.7. The summed E-state index contributed by atoms with van der Waals surface area (Å²) in [6.07, 6.45) is 0.138. The van der Waals surface area contributed by atoms with Gasteiger partial charge in [-0.3, -0.25) is 19.2 Å². The van der Waals surface area contributed by atoms with Gasteiger partial charge in [0.1, 0.15) is 18.1 Å². The summed E-state index contributed by atoms with van der Waals surface area (Å²) in [5.74, 6) is -5.02. The zero-order valence-electron chi connectivity index (χ0n) is 14.9. The number of nitrogens with zero attached hydrogens (tertiary/aromatic N) is 1. The molecule has 0 radical (unpaired) electrons. The van der Waals surface area contributed by atoms with Crippen LogP contribution in [0.1, 0.15) is 19.3 Å². The zero-order valence-corrected chi connectivity index (χ0v) is 15.8. The maximum absolute atomic E-state index is 12.7. The molecule has 28 heavy (non-hydrogen) atoms. The number of thiol groups is 1. The van der Waals surface area contributed by atoms with Crippen molar-refractivity contribution in [1.29, 1.82) is 0 Å². The molecule has 0 aromatic rings. The van der Waals surface area contributed by atoms with E-state index in [1.54, 1.807) is 0 Å². The molecule has 4 atom stereocenters. The molecular formula is C15H24N4O8S. The molecule has 0 aliphatic carbocycles. The lowest BCUT2D eigenvalue weighted by molar-refractivity contribution is -0.145. The molecule has 1 aliphatic rings. The summed E-state index contributed by atoms with van der Waals surface area (Å²) < 4.78 is 0. The maximum Gasteiger partial charge on any atom is 0.328 e. The fourth-order valence-corrected chi connectivity index (χ4v) is 2.95. The largest absolute Gasteiger partial charge is 0.481 e. The molecule has 0 aromatic carbocycles. The second-order valence-electron chi connectivity index (χ2n) is 6.22. The minimum atomic E-state index is -1.50. The predicted octanol–water partition coefficient (Wildman–Crippen LogP) is -3.24. The first-order chi connectivity index (χ1) is 13.1. The number of hydrogen-bond donors (Lipinski definition) is 7. The molecule has 158 valence electrons. The number of amides is 3. The highest BCUT2D eigenvalue weighted by molar-refractivity contribution is 7.80. The molecule has 13 heteroatoms. The van der Waals surface area contributed by atoms with Crippen molar-refractivity contribution >= 4 is 42.3 Å². The van der Waals surface area contributed by atoms with Crippen LogP contribution in [0.15, 0.2) is 0 Å². The first-order valence-corrected chi connectivity index (χ1v) is 9.08. The van der Waals surface area contributed by atoms with Crippen LogP contribution in [0.2, 0.25) is 0 Å². The van der Waals surface area contributed by atoms with E-state index in [9.17, 15) is 24.0 Å². The second kappa shape index (κ2) is 10.8. The van der Waals surface area contributed by atoms with Crippen LogP contribution < -0.4 is 16.4 Å². The molecule has 0 saturated carbocycles. The van der Waals surface area contributed by atoms with Gasteiger partial charge in [-0.15, -0.1) is 0 Å². The normalized spacial score (nSPS) is 19.4. The topological polar surface area (TPSA) is 199 Å². The van der Waals surface area contributed by atoms with Crippen LogP contribution in [0.5, 0.6) is 0 Å². The number of hydrogen-bond acceptors (Lipinski definition) is 8. The van der Waals surface area contributed by atoms with E-state index in [1.165, 1.54) is 4.90 Å². The number of nitrogens with two attached hydrogens (primary N) is 1. The lowest BCUT2D eigenvalue weighted by Gasteiger charge is -2.29. The minimum Gasteiger partial charge on any atom is -0.481 e. The van der Waals surface area contributed by atoms with Gasteiger partial charge in [0.2, 0.25) is 17.7 Å². The van der Waals surface area contributed by atoms with E-state index in [1.807, 2.05) is 0 Å². The number of carboxylic acid groups (broad SMARTS) is 2. The molecular weight excluding hydrogens is 396 g/mol. The number of nitrogens with one attached hydrogen (secondary N) is 2. The first kappa shape index (κ1) is 23.7. The van der Waals surface area contributed by atoms with E-state index in [0.717, 1.165) is 0 Å². The van der Waals surface area contributed by atoms with Crippen LogP contribution in [-0.2, 0) is 24.0 Å². The summed E-state index contributed by atoms with van der Waals surface area (Å²) in [5.41, 5.74) is 5.46. The quantitative estimate of drug-likeness (QED) is 0.177. The number of aliphatic hydroxyl groups excluding tert-OH is 1. The van der Waals surface area contributed by atoms with E-state index in [4.69, 9.17) is 21.1 Å². The summed E-state index contributed by atoms with van der Waals surface area (Å²) in [6.45, 7) is -0.604. The van der Waals surface area contributed by atoms with Crippen molar-refractivity contribution in [2.75, 3.05) is 18.9 Å². The molecule has 0 spiro atoms. The number of carbonyl (C=O) groups is 5. The Morgan fingerprint density at radius 2 is 1.79 bits per heavy atom. The van der Waals surface area contributed by atoms with Crippen LogP contribution >= 0.6 is 12.6 Å². The summed E-state index contributed by atoms with van der Waals surface area (Å²) in [4.78, 5) is 59.8. The fraction of sp³-hybridized carbons (Fsp3) is 0.667. The Balaban J connectivity index is 2.80. The summed E-state index contributed by atoms with van der Waals surface area (Å²) >= 11 is 4.01. The Hall–Kier alpha value is -2.38. The molecule has 1 heterocycles. The van der Waals surface area contributed by atoms with Gasteiger partial charge in [0.25, 0.3) is 0 Å². The third kappa shape index (κ3) is 6.35. The SMILES string of the molecule is NC(CC(=O)O)C(=O)NC(CS)C(=O)N1CCCC1C(=O)NC(CO)C(=O)O. The van der Waals surface area contributed by atoms with Gasteiger partial charge in [-0.1, -0.05) is 0 Å². The molecule has 1 saturated heterocycles. The van der Waals surface area contributed by atoms with Crippen molar-refractivity contribution in [3.05, 3.63) is 0 Å². The van der Waals surface area contributed by atoms with Gasteiger partial charge in [0.05, 0.1) is 19.1 Å². The van der Waals surface area contributed by atoms with Gasteiger partial charge in [-0.25, -0.2) is 4.79 Å². The third-order valence-electron chi connectivity index (χ3n) is 4.16. The lowest BCUT2D eigenvalue weighted by Crippen LogP contribution is -2.57. The van der Waals surface area contributed by atoms with Gasteiger partial charge >= 0.3 is 11.9 Å². The Morgan fingerprint density at radius 1 is 1.14 bits per heavy atom. The number of likely N-dealkylation sites (tertiary alicyclic amines) is 1. The minimum absolute atomic E-state index is 0.121. The van der Waals surface area contributed by atoms with Crippen molar-refractivity contribution in [3.8, 4) is 0 Å². The van der Waals surface area contributed by atoms with Crippen molar-refractivity contribution in [3.63, 3.8) is 0 Å². The molecule has 0 bridgehead atoms. The van der Waals surface area contributed by atoms with Crippen LogP contribution in [0, 0.1) is 0 Å². The highest BCUT2D eigenvalue weighted by Gasteiger charge is 2.38. The average molecular weight is 420 g/mol. The summed E-state index contributed by atoms with van der Waals surface area (Å²) in [6, 6.07) is -4.96. The lowest BCUT2D eigenvalue weighted by atomic mass is 10.1. The molecule has 1 fully saturated rings. The van der Waals surface area contributed by atoms with Gasteiger partial charge in [-0.05, 0) is 12.8 Å². The molecule has 1 aliphatic heterocycles. The number of rotatable bonds is 10. The fourth-order valence-electron chi connectivity index (χ4n) is 2.70. The number of carboxylic acids is 2. The number of carbonyl (C=O) groups excluding carboxylic acids is 3. The third-order valence-corrected chi connectivity index (χ3v) is 4.53. The Kier molecular flexibility index (Phi) is 9.15. The molecule has 12 nitrogen and oxygen atoms in total. The highest BCUT2D eigenvalue weighted by atomic mass is 32.1. The van der Waals surface area contributed by atoms with Crippen LogP contribution in [-0.4, -0.2) is 93.0 Å². The molecule has 7 N–H and O–H groups in total. The number of aliphatic hydroxyl groups is 1. The van der Waals surface area contributed by atoms with Crippen molar-refractivity contribution < 1.29 is 39.3 Å². The molecule has 1 rings (SSSR count). The van der Waals surface area contributed by atoms with Gasteiger partial charge in [0.15, 0.2) is 0 Å². The van der Waals surface area contributed by atoms with E-state index < -0.39 is 66.9 Å². The predicted molar refractivity (Wildman–Crippen MR) is 97.4 cm³/mol. The Bertz CT molecular complexity index is 631. The summed E-state index contributed by atoms with van der Waals surface area (Å²) in [7, 11) is 0. The van der Waals surface area contributed by atoms with Gasteiger partial charge in [0, 0.05) is 12.3 Å². The van der Waals surface area contributed by atoms with Crippen molar-refractivity contribution in [1.82, 2.24) is 15.5 Å². The Morgan fingerprint density at radius 3 is 2.29 bits per heavy atom.